The van der Waals surface area contributed by atoms with Crippen molar-refractivity contribution in [2.45, 2.75) is 26.4 Å². The Kier molecular flexibility index (Phi) is 3.97. The Labute approximate surface area is 144 Å². The van der Waals surface area contributed by atoms with Crippen LogP contribution in [0.1, 0.15) is 31.9 Å². The fourth-order valence-corrected chi connectivity index (χ4v) is 2.58. The summed E-state index contributed by atoms with van der Waals surface area (Å²) in [6.07, 6.45) is 3.97. The van der Waals surface area contributed by atoms with Gasteiger partial charge in [-0.15, -0.1) is 0 Å². The van der Waals surface area contributed by atoms with Crippen molar-refractivity contribution in [3.8, 4) is 0 Å². The van der Waals surface area contributed by atoms with Crippen LogP contribution in [0.4, 0.5) is 10.5 Å². The standard InChI is InChI=1S/C18H16ClNO4/c1-18(2,3)24-17(22)20-15-9-12(19)4-5-13(15)14(16(20)21)8-11-6-7-23-10-11/h4-10H,1-3H3/b14-8-. The molecule has 0 radical (unpaired) electrons. The molecule has 2 aromatic rings. The summed E-state index contributed by atoms with van der Waals surface area (Å²) < 4.78 is 10.4. The van der Waals surface area contributed by atoms with Crippen LogP contribution >= 0.6 is 11.6 Å². The van der Waals surface area contributed by atoms with E-state index in [9.17, 15) is 9.59 Å². The van der Waals surface area contributed by atoms with Crippen molar-refractivity contribution in [2.75, 3.05) is 4.90 Å². The highest BCUT2D eigenvalue weighted by atomic mass is 35.5. The molecule has 2 amide bonds. The van der Waals surface area contributed by atoms with Crippen molar-refractivity contribution in [3.05, 3.63) is 52.9 Å². The SMILES string of the molecule is CC(C)(C)OC(=O)N1C(=O)/C(=C\c2ccoc2)c2ccc(Cl)cc21. The van der Waals surface area contributed by atoms with Crippen molar-refractivity contribution in [3.63, 3.8) is 0 Å². The van der Waals surface area contributed by atoms with Crippen LogP contribution in [0, 0.1) is 0 Å². The number of nitrogens with zero attached hydrogens (tertiary/aromatic N) is 1. The zero-order valence-electron chi connectivity index (χ0n) is 13.5. The summed E-state index contributed by atoms with van der Waals surface area (Å²) in [5, 5.41) is 0.430. The molecule has 1 aromatic carbocycles. The quantitative estimate of drug-likeness (QED) is 0.699. The molecule has 0 atom stereocenters. The molecule has 1 aliphatic heterocycles. The van der Waals surface area contributed by atoms with Gasteiger partial charge in [-0.3, -0.25) is 4.79 Å². The minimum Gasteiger partial charge on any atom is -0.472 e. The predicted octanol–water partition coefficient (Wildman–Crippen LogP) is 4.76. The highest BCUT2D eigenvalue weighted by molar-refractivity contribution is 6.42. The van der Waals surface area contributed by atoms with E-state index in [1.807, 2.05) is 0 Å². The molecule has 1 aliphatic rings. The van der Waals surface area contributed by atoms with Gasteiger partial charge in [-0.25, -0.2) is 9.69 Å². The summed E-state index contributed by atoms with van der Waals surface area (Å²) in [5.74, 6) is -0.456. The highest BCUT2D eigenvalue weighted by Crippen LogP contribution is 2.40. The van der Waals surface area contributed by atoms with Gasteiger partial charge < -0.3 is 9.15 Å². The third kappa shape index (κ3) is 3.08. The van der Waals surface area contributed by atoms with Gasteiger partial charge in [0.05, 0.1) is 23.8 Å². The van der Waals surface area contributed by atoms with Crippen LogP contribution in [0.3, 0.4) is 0 Å². The zero-order chi connectivity index (χ0) is 17.5. The molecule has 0 saturated heterocycles. The van der Waals surface area contributed by atoms with Crippen LogP contribution in [0.25, 0.3) is 11.6 Å². The Morgan fingerprint density at radius 1 is 1.29 bits per heavy atom. The van der Waals surface area contributed by atoms with Crippen LogP contribution in [0.5, 0.6) is 0 Å². The van der Waals surface area contributed by atoms with Crippen LogP contribution in [0.15, 0.2) is 41.2 Å². The first-order chi connectivity index (χ1) is 11.3. The van der Waals surface area contributed by atoms with E-state index in [4.69, 9.17) is 20.8 Å². The predicted molar refractivity (Wildman–Crippen MR) is 91.8 cm³/mol. The number of carbonyl (C=O) groups is 2. The van der Waals surface area contributed by atoms with E-state index >= 15 is 0 Å². The van der Waals surface area contributed by atoms with Gasteiger partial charge in [0.15, 0.2) is 0 Å². The van der Waals surface area contributed by atoms with Crippen molar-refractivity contribution in [1.29, 1.82) is 0 Å². The lowest BCUT2D eigenvalue weighted by molar-refractivity contribution is -0.112. The Morgan fingerprint density at radius 2 is 2.04 bits per heavy atom. The topological polar surface area (TPSA) is 59.8 Å². The molecule has 0 aliphatic carbocycles. The highest BCUT2D eigenvalue weighted by Gasteiger charge is 2.39. The Balaban J connectivity index is 2.08. The zero-order valence-corrected chi connectivity index (χ0v) is 14.3. The number of imide groups is 1. The number of anilines is 1. The summed E-state index contributed by atoms with van der Waals surface area (Å²) in [5.41, 5.74) is 1.43. The van der Waals surface area contributed by atoms with Crippen LogP contribution < -0.4 is 4.90 Å². The second-order valence-electron chi connectivity index (χ2n) is 6.40. The monoisotopic (exact) mass is 345 g/mol. The molecule has 0 spiro atoms. The van der Waals surface area contributed by atoms with Crippen molar-refractivity contribution >= 4 is 40.9 Å². The van der Waals surface area contributed by atoms with Gasteiger partial charge >= 0.3 is 6.09 Å². The second kappa shape index (κ2) is 5.83. The molecule has 0 N–H and O–H groups in total. The Hall–Kier alpha value is -2.53. The summed E-state index contributed by atoms with van der Waals surface area (Å²) in [4.78, 5) is 26.3. The smallest absolute Gasteiger partial charge is 0.422 e. The molecular formula is C18H16ClNO4. The van der Waals surface area contributed by atoms with Gasteiger partial charge in [-0.05, 0) is 45.0 Å². The number of hydrogen-bond acceptors (Lipinski definition) is 4. The largest absolute Gasteiger partial charge is 0.472 e. The summed E-state index contributed by atoms with van der Waals surface area (Å²) in [6.45, 7) is 5.23. The molecule has 0 bridgehead atoms. The number of ether oxygens (including phenoxy) is 1. The Bertz CT molecular complexity index is 831. The maximum Gasteiger partial charge on any atom is 0.422 e. The molecule has 1 aromatic heterocycles. The molecule has 5 nitrogen and oxygen atoms in total. The van der Waals surface area contributed by atoms with Gasteiger partial charge in [0.1, 0.15) is 5.60 Å². The van der Waals surface area contributed by atoms with E-state index in [-0.39, 0.29) is 0 Å². The maximum atomic E-state index is 12.8. The lowest BCUT2D eigenvalue weighted by Crippen LogP contribution is -2.38. The van der Waals surface area contributed by atoms with Gasteiger partial charge in [-0.1, -0.05) is 17.7 Å². The molecule has 3 rings (SSSR count). The Morgan fingerprint density at radius 3 is 2.67 bits per heavy atom. The molecule has 0 fully saturated rings. The lowest BCUT2D eigenvalue weighted by atomic mass is 10.1. The van der Waals surface area contributed by atoms with Gasteiger partial charge in [0.25, 0.3) is 5.91 Å². The first-order valence-corrected chi connectivity index (χ1v) is 7.75. The number of carbonyl (C=O) groups excluding carboxylic acids is 2. The van der Waals surface area contributed by atoms with Crippen LogP contribution in [0.2, 0.25) is 5.02 Å². The second-order valence-corrected chi connectivity index (χ2v) is 6.83. The van der Waals surface area contributed by atoms with E-state index in [1.54, 1.807) is 51.1 Å². The third-order valence-electron chi connectivity index (χ3n) is 3.35. The summed E-state index contributed by atoms with van der Waals surface area (Å²) in [6, 6.07) is 6.70. The van der Waals surface area contributed by atoms with Crippen molar-refractivity contribution in [2.24, 2.45) is 0 Å². The minimum atomic E-state index is -0.730. The molecule has 0 unspecified atom stereocenters. The first kappa shape index (κ1) is 16.3. The maximum absolute atomic E-state index is 12.8. The number of fused-ring (bicyclic) bond motifs is 1. The fraction of sp³-hybridized carbons (Fsp3) is 0.222. The van der Waals surface area contributed by atoms with Crippen LogP contribution in [-0.4, -0.2) is 17.6 Å². The normalized spacial score (nSPS) is 15.8. The molecule has 2 heterocycles. The summed E-state index contributed by atoms with van der Waals surface area (Å²) in [7, 11) is 0. The molecule has 0 saturated carbocycles. The number of rotatable bonds is 1. The van der Waals surface area contributed by atoms with E-state index in [1.165, 1.54) is 12.5 Å². The molecule has 24 heavy (non-hydrogen) atoms. The summed E-state index contributed by atoms with van der Waals surface area (Å²) >= 11 is 6.04. The molecule has 124 valence electrons. The lowest BCUT2D eigenvalue weighted by Gasteiger charge is -2.23. The van der Waals surface area contributed by atoms with Gasteiger partial charge in [-0.2, -0.15) is 0 Å². The van der Waals surface area contributed by atoms with Crippen molar-refractivity contribution in [1.82, 2.24) is 0 Å². The number of hydrogen-bond donors (Lipinski definition) is 0. The van der Waals surface area contributed by atoms with E-state index in [0.29, 0.717) is 21.8 Å². The number of amides is 2. The number of furan rings is 1. The minimum absolute atomic E-state index is 0.383. The van der Waals surface area contributed by atoms with Gasteiger partial charge in [0.2, 0.25) is 0 Å². The fourth-order valence-electron chi connectivity index (χ4n) is 2.41. The van der Waals surface area contributed by atoms with Gasteiger partial charge in [0, 0.05) is 16.1 Å². The molecule has 6 heteroatoms. The average molecular weight is 346 g/mol. The number of halogens is 1. The number of benzene rings is 1. The third-order valence-corrected chi connectivity index (χ3v) is 3.59. The van der Waals surface area contributed by atoms with E-state index in [0.717, 1.165) is 10.5 Å². The average Bonchev–Trinajstić information content (AvgIpc) is 3.05. The van der Waals surface area contributed by atoms with E-state index < -0.39 is 17.6 Å². The van der Waals surface area contributed by atoms with Crippen LogP contribution in [-0.2, 0) is 9.53 Å². The van der Waals surface area contributed by atoms with Crippen molar-refractivity contribution < 1.29 is 18.7 Å². The van der Waals surface area contributed by atoms with E-state index in [2.05, 4.69) is 0 Å². The molecular weight excluding hydrogens is 330 g/mol. The first-order valence-electron chi connectivity index (χ1n) is 7.37.